The summed E-state index contributed by atoms with van der Waals surface area (Å²) in [5.74, 6) is -1.71. The Kier molecular flexibility index (Phi) is 18.5. The summed E-state index contributed by atoms with van der Waals surface area (Å²) in [5.41, 5.74) is 1.94. The van der Waals surface area contributed by atoms with Gasteiger partial charge in [-0.15, -0.1) is 0 Å². The number of anilines is 2. The summed E-state index contributed by atoms with van der Waals surface area (Å²) < 4.78 is 27.9. The van der Waals surface area contributed by atoms with E-state index in [2.05, 4.69) is 17.6 Å². The Morgan fingerprint density at radius 3 is 2.16 bits per heavy atom. The topological polar surface area (TPSA) is 217 Å². The van der Waals surface area contributed by atoms with Gasteiger partial charge in [0, 0.05) is 49.8 Å². The van der Waals surface area contributed by atoms with Gasteiger partial charge in [-0.05, 0) is 67.1 Å². The lowest BCUT2D eigenvalue weighted by molar-refractivity contribution is -0.148. The van der Waals surface area contributed by atoms with Crippen molar-refractivity contribution in [2.75, 3.05) is 43.2 Å². The van der Waals surface area contributed by atoms with Crippen LogP contribution in [0, 0.1) is 5.41 Å². The van der Waals surface area contributed by atoms with Crippen molar-refractivity contribution in [3.63, 3.8) is 0 Å². The van der Waals surface area contributed by atoms with Gasteiger partial charge in [-0.2, -0.15) is 0 Å². The van der Waals surface area contributed by atoms with E-state index in [1.54, 1.807) is 12.1 Å². The number of sulfone groups is 1. The minimum absolute atomic E-state index is 0.110. The number of amides is 2. The van der Waals surface area contributed by atoms with Crippen molar-refractivity contribution in [3.8, 4) is 0 Å². The number of benzene rings is 2. The van der Waals surface area contributed by atoms with Crippen molar-refractivity contribution in [1.29, 1.82) is 0 Å². The van der Waals surface area contributed by atoms with Crippen molar-refractivity contribution in [2.24, 2.45) is 5.41 Å². The van der Waals surface area contributed by atoms with Crippen LogP contribution in [0.2, 0.25) is 0 Å². The number of hydrogen-bond donors (Lipinski definition) is 8. The first kappa shape index (κ1) is 46.3. The molecule has 1 aliphatic heterocycles. The van der Waals surface area contributed by atoms with E-state index in [0.717, 1.165) is 69.0 Å². The fraction of sp³-hybridized carbons (Fsp3) is 0.659. The van der Waals surface area contributed by atoms with Crippen LogP contribution in [-0.2, 0) is 19.4 Å². The molecule has 1 heterocycles. The molecule has 8 N–H and O–H groups in total. The Morgan fingerprint density at radius 1 is 0.891 bits per heavy atom. The molecule has 14 heteroatoms. The second kappa shape index (κ2) is 22.0. The number of aliphatic hydroxyl groups is 6. The first-order valence-electron chi connectivity index (χ1n) is 19.8. The quantitative estimate of drug-likeness (QED) is 0.0761. The van der Waals surface area contributed by atoms with Crippen molar-refractivity contribution in [2.45, 2.75) is 139 Å². The Hall–Kier alpha value is -3.11. The molecule has 0 aromatic heterocycles. The summed E-state index contributed by atoms with van der Waals surface area (Å²) >= 11 is 0. The van der Waals surface area contributed by atoms with Gasteiger partial charge in [0.1, 0.15) is 18.3 Å². The van der Waals surface area contributed by atoms with Gasteiger partial charge in [0.25, 0.3) is 5.91 Å². The summed E-state index contributed by atoms with van der Waals surface area (Å²) in [5, 5.41) is 65.3. The van der Waals surface area contributed by atoms with Gasteiger partial charge in [0.2, 0.25) is 5.91 Å². The van der Waals surface area contributed by atoms with E-state index in [1.165, 1.54) is 0 Å². The molecule has 3 rings (SSSR count). The molecule has 0 fully saturated rings. The number of fused-ring (bicyclic) bond motifs is 1. The van der Waals surface area contributed by atoms with Gasteiger partial charge in [0.15, 0.2) is 15.9 Å². The average Bonchev–Trinajstić information content (AvgIpc) is 3.24. The van der Waals surface area contributed by atoms with E-state index in [1.807, 2.05) is 56.3 Å². The van der Waals surface area contributed by atoms with Crippen LogP contribution >= 0.6 is 0 Å². The number of nitrogens with zero attached hydrogens (tertiary/aromatic N) is 1. The zero-order valence-corrected chi connectivity index (χ0v) is 33.8. The van der Waals surface area contributed by atoms with Crippen LogP contribution in [0.3, 0.4) is 0 Å². The smallest absolute Gasteiger partial charge is 0.251 e. The lowest BCUT2D eigenvalue weighted by atomic mass is 9.69. The third-order valence-corrected chi connectivity index (χ3v) is 13.0. The molecule has 2 amide bonds. The Labute approximate surface area is 327 Å². The number of nitrogens with one attached hydrogen (secondary N) is 2. The van der Waals surface area contributed by atoms with Crippen LogP contribution in [0.25, 0.3) is 0 Å². The van der Waals surface area contributed by atoms with Gasteiger partial charge in [-0.1, -0.05) is 77.3 Å². The molecule has 0 aliphatic carbocycles. The highest BCUT2D eigenvalue weighted by Gasteiger charge is 2.49. The molecule has 2 aromatic rings. The zero-order valence-electron chi connectivity index (χ0n) is 33.0. The highest BCUT2D eigenvalue weighted by Crippen LogP contribution is 2.49. The van der Waals surface area contributed by atoms with Crippen molar-refractivity contribution >= 4 is 33.0 Å². The number of carbonyl (C=O) groups excluding carboxylic acids is 2. The number of rotatable bonds is 23. The molecule has 13 nitrogen and oxygen atoms in total. The summed E-state index contributed by atoms with van der Waals surface area (Å²) in [6, 6.07) is 12.8. The second-order valence-electron chi connectivity index (χ2n) is 15.3. The van der Waals surface area contributed by atoms with Gasteiger partial charge in [-0.25, -0.2) is 8.42 Å². The van der Waals surface area contributed by atoms with E-state index < -0.39 is 64.2 Å². The summed E-state index contributed by atoms with van der Waals surface area (Å²) in [6.45, 7) is 3.49. The maximum atomic E-state index is 14.0. The lowest BCUT2D eigenvalue weighted by Gasteiger charge is -2.39. The molecule has 0 unspecified atom stereocenters. The Bertz CT molecular complexity index is 1620. The molecule has 2 aromatic carbocycles. The predicted molar refractivity (Wildman–Crippen MR) is 214 cm³/mol. The van der Waals surface area contributed by atoms with Gasteiger partial charge >= 0.3 is 0 Å². The van der Waals surface area contributed by atoms with Crippen LogP contribution in [0.5, 0.6) is 0 Å². The predicted octanol–water partition coefficient (Wildman–Crippen LogP) is 3.62. The molecular formula is C41H65N3O10S. The summed E-state index contributed by atoms with van der Waals surface area (Å²) in [6.07, 6.45) is 1.85. The van der Waals surface area contributed by atoms with Crippen LogP contribution in [0.1, 0.15) is 114 Å². The van der Waals surface area contributed by atoms with E-state index in [4.69, 9.17) is 5.11 Å². The number of aliphatic hydroxyl groups excluding tert-OH is 6. The Balaban J connectivity index is 1.51. The molecule has 55 heavy (non-hydrogen) atoms. The zero-order chi connectivity index (χ0) is 40.8. The van der Waals surface area contributed by atoms with Crippen molar-refractivity contribution in [3.05, 3.63) is 53.6 Å². The van der Waals surface area contributed by atoms with E-state index in [9.17, 15) is 43.5 Å². The highest BCUT2D eigenvalue weighted by molar-refractivity contribution is 7.91. The minimum Gasteiger partial charge on any atom is -0.394 e. The molecular weight excluding hydrogens is 727 g/mol. The fourth-order valence-corrected chi connectivity index (χ4v) is 9.75. The number of carbonyl (C=O) groups is 2. The van der Waals surface area contributed by atoms with Crippen molar-refractivity contribution in [1.82, 2.24) is 5.32 Å². The normalized spacial score (nSPS) is 21.4. The Morgan fingerprint density at radius 2 is 1.55 bits per heavy atom. The molecule has 0 saturated heterocycles. The first-order chi connectivity index (χ1) is 26.1. The SMILES string of the molecule is CCCC[C@@]1(CC)CS(=O)(=O)c2ccc(N(C)C)cc2[C@@H](c2cccc(NC(=O)CCCCCCCCCCNC(=O)[C@H](O)[C@H](O)[C@H](O)[C@H](O)CO)c2)[C@H]1O. The van der Waals surface area contributed by atoms with Crippen LogP contribution < -0.4 is 15.5 Å². The van der Waals surface area contributed by atoms with Crippen LogP contribution in [0.15, 0.2) is 47.4 Å². The molecule has 1 aliphatic rings. The second-order valence-corrected chi connectivity index (χ2v) is 17.3. The fourth-order valence-electron chi connectivity index (χ4n) is 7.50. The summed E-state index contributed by atoms with van der Waals surface area (Å²) in [7, 11) is 0.0905. The molecule has 0 spiro atoms. The standard InChI is InChI=1S/C41H65N3O10S/c1-5-7-22-41(6-2)27-55(53,54)33-21-20-30(44(3)4)25-31(33)35(39(41)51)28-17-16-18-29(24-28)43-34(47)19-14-12-10-8-9-11-13-15-23-42-40(52)38(50)37(49)36(48)32(46)26-45/h16-18,20-21,24-25,32,35-39,45-46,48-51H,5-15,19,22-23,26-27H2,1-4H3,(H,42,52)(H,43,47)/t32-,35-,36-,37-,38-,39-,41+/m1/s1. The average molecular weight is 792 g/mol. The monoisotopic (exact) mass is 791 g/mol. The minimum atomic E-state index is -3.71. The van der Waals surface area contributed by atoms with E-state index in [-0.39, 0.29) is 23.1 Å². The van der Waals surface area contributed by atoms with Gasteiger partial charge in [-0.3, -0.25) is 9.59 Å². The maximum Gasteiger partial charge on any atom is 0.251 e. The van der Waals surface area contributed by atoms with Crippen LogP contribution in [0.4, 0.5) is 11.4 Å². The third kappa shape index (κ3) is 12.7. The molecule has 0 bridgehead atoms. The number of unbranched alkanes of at least 4 members (excludes halogenated alkanes) is 8. The lowest BCUT2D eigenvalue weighted by Crippen LogP contribution is -2.51. The molecule has 0 radical (unpaired) electrons. The third-order valence-electron chi connectivity index (χ3n) is 11.0. The first-order valence-corrected chi connectivity index (χ1v) is 21.5. The van der Waals surface area contributed by atoms with E-state index >= 15 is 0 Å². The molecule has 0 saturated carbocycles. The summed E-state index contributed by atoms with van der Waals surface area (Å²) in [4.78, 5) is 27.2. The van der Waals surface area contributed by atoms with E-state index in [0.29, 0.717) is 36.9 Å². The van der Waals surface area contributed by atoms with Gasteiger partial charge < -0.3 is 46.2 Å². The van der Waals surface area contributed by atoms with Gasteiger partial charge in [0.05, 0.1) is 23.4 Å². The largest absolute Gasteiger partial charge is 0.394 e. The number of hydrogen-bond acceptors (Lipinski definition) is 11. The van der Waals surface area contributed by atoms with Crippen molar-refractivity contribution < 1.29 is 48.6 Å². The maximum absolute atomic E-state index is 14.0. The highest BCUT2D eigenvalue weighted by atomic mass is 32.2. The molecule has 310 valence electrons. The molecule has 7 atom stereocenters. The van der Waals surface area contributed by atoms with Crippen LogP contribution in [-0.4, -0.2) is 114 Å².